The van der Waals surface area contributed by atoms with Crippen LogP contribution in [0.3, 0.4) is 0 Å². The molecule has 1 heterocycles. The molecule has 0 unspecified atom stereocenters. The maximum Gasteiger partial charge on any atom is 0.243 e. The third kappa shape index (κ3) is 5.40. The van der Waals surface area contributed by atoms with Gasteiger partial charge >= 0.3 is 0 Å². The number of amides is 2. The molecule has 2 amide bonds. The second-order valence-electron chi connectivity index (χ2n) is 6.50. The van der Waals surface area contributed by atoms with E-state index in [1.54, 1.807) is 0 Å². The number of nitrogens with zero attached hydrogens (tertiary/aromatic N) is 4. The molecule has 3 rings (SSSR count). The standard InChI is InChI=1S/C19H17F3N6O2S/c1-10-3-6-14(11(2)7-10)28-19(25-26-27-28)31-9-16(30)23-8-15(29)24-13-5-4-12(20)17(21)18(13)22/h3-7H,8-9H2,1-2H3,(H,23,30)(H,24,29). The number of nitrogens with one attached hydrogen (secondary N) is 2. The van der Waals surface area contributed by atoms with Gasteiger partial charge in [0.15, 0.2) is 17.5 Å². The fraction of sp³-hybridized carbons (Fsp3) is 0.211. The molecular formula is C19H17F3N6O2S. The molecule has 3 aromatic rings. The smallest absolute Gasteiger partial charge is 0.243 e. The highest BCUT2D eigenvalue weighted by atomic mass is 32.2. The summed E-state index contributed by atoms with van der Waals surface area (Å²) in [6.07, 6.45) is 0. The molecule has 0 radical (unpaired) electrons. The lowest BCUT2D eigenvalue weighted by atomic mass is 10.1. The molecule has 0 aliphatic carbocycles. The Morgan fingerprint density at radius 3 is 2.58 bits per heavy atom. The number of carbonyl (C=O) groups excluding carboxylic acids is 2. The van der Waals surface area contributed by atoms with E-state index in [4.69, 9.17) is 0 Å². The van der Waals surface area contributed by atoms with E-state index in [-0.39, 0.29) is 5.75 Å². The van der Waals surface area contributed by atoms with E-state index in [9.17, 15) is 22.8 Å². The fourth-order valence-corrected chi connectivity index (χ4v) is 3.35. The molecule has 0 aliphatic heterocycles. The van der Waals surface area contributed by atoms with E-state index in [0.717, 1.165) is 34.6 Å². The van der Waals surface area contributed by atoms with Crippen molar-refractivity contribution < 1.29 is 22.8 Å². The maximum absolute atomic E-state index is 13.6. The molecule has 1 aromatic heterocycles. The number of tetrazole rings is 1. The number of aryl methyl sites for hydroxylation is 2. The van der Waals surface area contributed by atoms with Crippen molar-refractivity contribution in [3.05, 3.63) is 58.9 Å². The minimum atomic E-state index is -1.69. The number of benzene rings is 2. The summed E-state index contributed by atoms with van der Waals surface area (Å²) in [5.74, 6) is -5.97. The zero-order valence-corrected chi connectivity index (χ0v) is 17.3. The van der Waals surface area contributed by atoms with Crippen LogP contribution in [0.1, 0.15) is 11.1 Å². The Hall–Kier alpha value is -3.41. The van der Waals surface area contributed by atoms with Crippen LogP contribution in [0.2, 0.25) is 0 Å². The van der Waals surface area contributed by atoms with Gasteiger partial charge in [0.05, 0.1) is 23.7 Å². The average Bonchev–Trinajstić information content (AvgIpc) is 3.19. The van der Waals surface area contributed by atoms with Gasteiger partial charge in [-0.05, 0) is 48.0 Å². The first-order valence-corrected chi connectivity index (χ1v) is 9.93. The van der Waals surface area contributed by atoms with Crippen LogP contribution < -0.4 is 10.6 Å². The summed E-state index contributed by atoms with van der Waals surface area (Å²) in [4.78, 5) is 23.9. The van der Waals surface area contributed by atoms with Crippen molar-refractivity contribution in [2.75, 3.05) is 17.6 Å². The SMILES string of the molecule is Cc1ccc(-n2nnnc2SCC(=O)NCC(=O)Nc2ccc(F)c(F)c2F)c(C)c1. The molecule has 2 N–H and O–H groups in total. The number of thioether (sulfide) groups is 1. The normalized spacial score (nSPS) is 10.7. The predicted molar refractivity (Wildman–Crippen MR) is 107 cm³/mol. The van der Waals surface area contributed by atoms with E-state index in [1.165, 1.54) is 4.68 Å². The Morgan fingerprint density at radius 2 is 1.84 bits per heavy atom. The quantitative estimate of drug-likeness (QED) is 0.424. The van der Waals surface area contributed by atoms with Crippen LogP contribution in [-0.4, -0.2) is 44.3 Å². The lowest BCUT2D eigenvalue weighted by Crippen LogP contribution is -2.34. The molecular weight excluding hydrogens is 433 g/mol. The molecule has 0 saturated carbocycles. The highest BCUT2D eigenvalue weighted by Gasteiger charge is 2.16. The number of aromatic nitrogens is 4. The van der Waals surface area contributed by atoms with Gasteiger partial charge in [-0.2, -0.15) is 4.68 Å². The van der Waals surface area contributed by atoms with Gasteiger partial charge in [0.1, 0.15) is 0 Å². The van der Waals surface area contributed by atoms with Gasteiger partial charge in [-0.3, -0.25) is 9.59 Å². The lowest BCUT2D eigenvalue weighted by molar-refractivity contribution is -0.122. The van der Waals surface area contributed by atoms with Gasteiger partial charge in [-0.25, -0.2) is 13.2 Å². The summed E-state index contributed by atoms with van der Waals surface area (Å²) in [5.41, 5.74) is 2.29. The van der Waals surface area contributed by atoms with Crippen molar-refractivity contribution in [3.63, 3.8) is 0 Å². The second-order valence-corrected chi connectivity index (χ2v) is 7.44. The first-order valence-electron chi connectivity index (χ1n) is 8.95. The fourth-order valence-electron chi connectivity index (χ4n) is 2.64. The Bertz CT molecular complexity index is 1140. The number of hydrogen-bond donors (Lipinski definition) is 2. The summed E-state index contributed by atoms with van der Waals surface area (Å²) in [6.45, 7) is 3.40. The Morgan fingerprint density at radius 1 is 1.06 bits per heavy atom. The monoisotopic (exact) mass is 450 g/mol. The number of hydrogen-bond acceptors (Lipinski definition) is 6. The van der Waals surface area contributed by atoms with Gasteiger partial charge in [0.25, 0.3) is 0 Å². The highest BCUT2D eigenvalue weighted by molar-refractivity contribution is 7.99. The van der Waals surface area contributed by atoms with Crippen LogP contribution in [0.4, 0.5) is 18.9 Å². The third-order valence-corrected chi connectivity index (χ3v) is 5.03. The molecule has 31 heavy (non-hydrogen) atoms. The summed E-state index contributed by atoms with van der Waals surface area (Å²) in [6, 6.07) is 7.33. The molecule has 0 atom stereocenters. The van der Waals surface area contributed by atoms with E-state index in [1.807, 2.05) is 32.0 Å². The van der Waals surface area contributed by atoms with E-state index < -0.39 is 41.5 Å². The van der Waals surface area contributed by atoms with Crippen molar-refractivity contribution in [3.8, 4) is 5.69 Å². The summed E-state index contributed by atoms with van der Waals surface area (Å²) < 4.78 is 41.2. The zero-order chi connectivity index (χ0) is 22.5. The van der Waals surface area contributed by atoms with Gasteiger partial charge in [-0.1, -0.05) is 29.5 Å². The predicted octanol–water partition coefficient (Wildman–Crippen LogP) is 2.54. The molecule has 8 nitrogen and oxygen atoms in total. The van der Waals surface area contributed by atoms with Gasteiger partial charge in [-0.15, -0.1) is 5.10 Å². The van der Waals surface area contributed by atoms with Crippen molar-refractivity contribution in [2.24, 2.45) is 0 Å². The number of carbonyl (C=O) groups is 2. The van der Waals surface area contributed by atoms with Gasteiger partial charge < -0.3 is 10.6 Å². The Labute approximate surface area is 179 Å². The Balaban J connectivity index is 1.53. The summed E-state index contributed by atoms with van der Waals surface area (Å²) in [5, 5.41) is 16.3. The van der Waals surface area contributed by atoms with Crippen LogP contribution in [0, 0.1) is 31.3 Å². The second kappa shape index (κ2) is 9.60. The van der Waals surface area contributed by atoms with E-state index in [0.29, 0.717) is 11.2 Å². The van der Waals surface area contributed by atoms with E-state index in [2.05, 4.69) is 26.2 Å². The highest BCUT2D eigenvalue weighted by Crippen LogP contribution is 2.21. The third-order valence-electron chi connectivity index (χ3n) is 4.11. The first kappa shape index (κ1) is 22.3. The van der Waals surface area contributed by atoms with Crippen molar-refractivity contribution in [2.45, 2.75) is 19.0 Å². The first-order chi connectivity index (χ1) is 14.8. The minimum absolute atomic E-state index is 0.0852. The number of anilines is 1. The molecule has 0 bridgehead atoms. The van der Waals surface area contributed by atoms with Gasteiger partial charge in [0.2, 0.25) is 17.0 Å². The molecule has 0 spiro atoms. The van der Waals surface area contributed by atoms with E-state index >= 15 is 0 Å². The van der Waals surface area contributed by atoms with Crippen molar-refractivity contribution in [1.29, 1.82) is 0 Å². The Kier molecular flexibility index (Phi) is 6.90. The minimum Gasteiger partial charge on any atom is -0.346 e. The average molecular weight is 450 g/mol. The van der Waals surface area contributed by atoms with Crippen LogP contribution in [0.25, 0.3) is 5.69 Å². The van der Waals surface area contributed by atoms with Crippen LogP contribution in [-0.2, 0) is 9.59 Å². The lowest BCUT2D eigenvalue weighted by Gasteiger charge is -2.09. The summed E-state index contributed by atoms with van der Waals surface area (Å²) in [7, 11) is 0. The molecule has 0 saturated heterocycles. The number of rotatable bonds is 7. The topological polar surface area (TPSA) is 102 Å². The number of halogens is 3. The van der Waals surface area contributed by atoms with Crippen LogP contribution in [0.5, 0.6) is 0 Å². The molecule has 12 heteroatoms. The largest absolute Gasteiger partial charge is 0.346 e. The van der Waals surface area contributed by atoms with Gasteiger partial charge in [0, 0.05) is 0 Å². The molecule has 162 valence electrons. The molecule has 2 aromatic carbocycles. The van der Waals surface area contributed by atoms with Crippen molar-refractivity contribution in [1.82, 2.24) is 25.5 Å². The molecule has 0 aliphatic rings. The molecule has 0 fully saturated rings. The van der Waals surface area contributed by atoms with Crippen molar-refractivity contribution >= 4 is 29.3 Å². The zero-order valence-electron chi connectivity index (χ0n) is 16.4. The van der Waals surface area contributed by atoms with Crippen LogP contribution in [0.15, 0.2) is 35.5 Å². The summed E-state index contributed by atoms with van der Waals surface area (Å²) >= 11 is 1.06. The van der Waals surface area contributed by atoms with Crippen LogP contribution >= 0.6 is 11.8 Å². The maximum atomic E-state index is 13.6.